The largest absolute Gasteiger partial charge is 0.394 e. The van der Waals surface area contributed by atoms with E-state index in [2.05, 4.69) is 38.8 Å². The highest BCUT2D eigenvalue weighted by atomic mass is 19.3. The molecule has 4 rings (SSSR count). The molecule has 5 N–H and O–H groups in total. The maximum absolute atomic E-state index is 13.6. The predicted molar refractivity (Wildman–Crippen MR) is 165 cm³/mol. The molecule has 1 aliphatic heterocycles. The number of amides is 1. The van der Waals surface area contributed by atoms with E-state index in [1.54, 1.807) is 30.7 Å². The number of aliphatic hydroxyl groups excluding tert-OH is 2. The molecule has 1 aromatic carbocycles. The van der Waals surface area contributed by atoms with Crippen LogP contribution in [0.15, 0.2) is 42.6 Å². The summed E-state index contributed by atoms with van der Waals surface area (Å²) in [6.07, 6.45) is -0.283. The van der Waals surface area contributed by atoms with Crippen molar-refractivity contribution in [1.82, 2.24) is 19.8 Å². The molecule has 0 saturated carbocycles. The molecular weight excluding hydrogens is 568 g/mol. The molecule has 234 valence electrons. The Morgan fingerprint density at radius 2 is 2.00 bits per heavy atom. The molecule has 2 aromatic heterocycles. The van der Waals surface area contributed by atoms with Crippen LogP contribution in [0.4, 0.5) is 20.2 Å². The van der Waals surface area contributed by atoms with Gasteiger partial charge in [0.2, 0.25) is 5.91 Å². The molecule has 12 heteroatoms. The number of aromatic nitrogens is 2. The van der Waals surface area contributed by atoms with Crippen LogP contribution >= 0.6 is 0 Å². The van der Waals surface area contributed by atoms with Gasteiger partial charge >= 0.3 is 0 Å². The minimum Gasteiger partial charge on any atom is -0.394 e. The van der Waals surface area contributed by atoms with Gasteiger partial charge < -0.3 is 30.7 Å². The Balaban J connectivity index is 1.40. The summed E-state index contributed by atoms with van der Waals surface area (Å²) in [6.45, 7) is 4.64. The number of halogens is 2. The monoisotopic (exact) mass is 607 g/mol. The molecule has 3 heterocycles. The van der Waals surface area contributed by atoms with Crippen molar-refractivity contribution in [2.24, 2.45) is 0 Å². The smallest absolute Gasteiger partial charge is 0.256 e. The SMILES string of the molecule is CC(C)(C#N)c1ccc(NCC#Cc2cc3c(NC4CCN(CC(=O)NCC(O)CO)CC4)cccc3n2CC(F)F)cn1. The summed E-state index contributed by atoms with van der Waals surface area (Å²) < 4.78 is 28.7. The fourth-order valence-electron chi connectivity index (χ4n) is 5.07. The summed E-state index contributed by atoms with van der Waals surface area (Å²) >= 11 is 0. The molecule has 1 unspecified atom stereocenters. The quantitative estimate of drug-likeness (QED) is 0.198. The lowest BCUT2D eigenvalue weighted by atomic mass is 9.91. The third kappa shape index (κ3) is 8.66. The predicted octanol–water partition coefficient (Wildman–Crippen LogP) is 2.91. The van der Waals surface area contributed by atoms with Crippen LogP contribution in [0.5, 0.6) is 0 Å². The van der Waals surface area contributed by atoms with E-state index in [4.69, 9.17) is 5.11 Å². The zero-order valence-corrected chi connectivity index (χ0v) is 25.0. The molecular formula is C32H39F2N7O3. The molecule has 3 aromatic rings. The number of pyridine rings is 1. The maximum atomic E-state index is 13.6. The summed E-state index contributed by atoms with van der Waals surface area (Å²) in [4.78, 5) is 18.5. The average Bonchev–Trinajstić information content (AvgIpc) is 3.36. The number of aliphatic hydroxyl groups is 2. The molecule has 44 heavy (non-hydrogen) atoms. The van der Waals surface area contributed by atoms with Gasteiger partial charge in [-0.15, -0.1) is 0 Å². The first-order chi connectivity index (χ1) is 21.1. The second-order valence-electron chi connectivity index (χ2n) is 11.4. The molecule has 1 saturated heterocycles. The van der Waals surface area contributed by atoms with Gasteiger partial charge in [0.25, 0.3) is 6.43 Å². The second kappa shape index (κ2) is 15.0. The zero-order chi connectivity index (χ0) is 31.7. The molecule has 10 nitrogen and oxygen atoms in total. The van der Waals surface area contributed by atoms with Crippen LogP contribution in [0.2, 0.25) is 0 Å². The number of anilines is 2. The van der Waals surface area contributed by atoms with E-state index in [9.17, 15) is 23.9 Å². The molecule has 0 bridgehead atoms. The maximum Gasteiger partial charge on any atom is 0.256 e. The number of nitriles is 1. The van der Waals surface area contributed by atoms with Gasteiger partial charge in [-0.3, -0.25) is 14.7 Å². The Morgan fingerprint density at radius 3 is 2.66 bits per heavy atom. The van der Waals surface area contributed by atoms with E-state index < -0.39 is 31.1 Å². The minimum absolute atomic E-state index is 0.0134. The number of alkyl halides is 2. The summed E-state index contributed by atoms with van der Waals surface area (Å²) in [5.74, 6) is 5.88. The van der Waals surface area contributed by atoms with Crippen molar-refractivity contribution in [3.8, 4) is 17.9 Å². The van der Waals surface area contributed by atoms with E-state index in [1.165, 1.54) is 0 Å². The number of hydrogen-bond donors (Lipinski definition) is 5. The highest BCUT2D eigenvalue weighted by Gasteiger charge is 2.23. The van der Waals surface area contributed by atoms with Gasteiger partial charge in [-0.25, -0.2) is 8.78 Å². The third-order valence-electron chi connectivity index (χ3n) is 7.61. The Hall–Kier alpha value is -4.23. The van der Waals surface area contributed by atoms with Crippen molar-refractivity contribution in [1.29, 1.82) is 5.26 Å². The van der Waals surface area contributed by atoms with E-state index >= 15 is 0 Å². The van der Waals surface area contributed by atoms with E-state index in [1.807, 2.05) is 35.2 Å². The number of likely N-dealkylation sites (tertiary alicyclic amines) is 1. The number of nitrogens with zero attached hydrogens (tertiary/aromatic N) is 4. The number of carbonyl (C=O) groups is 1. The number of fused-ring (bicyclic) bond motifs is 1. The van der Waals surface area contributed by atoms with Crippen LogP contribution in [-0.4, -0.2) is 88.5 Å². The normalized spacial score (nSPS) is 15.0. The van der Waals surface area contributed by atoms with Crippen LogP contribution in [0, 0.1) is 23.2 Å². The lowest BCUT2D eigenvalue weighted by molar-refractivity contribution is -0.123. The summed E-state index contributed by atoms with van der Waals surface area (Å²) in [7, 11) is 0. The first-order valence-corrected chi connectivity index (χ1v) is 14.6. The number of nitrogens with one attached hydrogen (secondary N) is 3. The van der Waals surface area contributed by atoms with Gasteiger partial charge in [0.15, 0.2) is 0 Å². The van der Waals surface area contributed by atoms with Crippen LogP contribution < -0.4 is 16.0 Å². The lowest BCUT2D eigenvalue weighted by Crippen LogP contribution is -2.45. The van der Waals surface area contributed by atoms with Crippen LogP contribution in [0.3, 0.4) is 0 Å². The fraction of sp³-hybridized carbons (Fsp3) is 0.469. The van der Waals surface area contributed by atoms with E-state index in [0.717, 1.165) is 29.6 Å². The van der Waals surface area contributed by atoms with E-state index in [-0.39, 0.29) is 31.6 Å². The van der Waals surface area contributed by atoms with Crippen molar-refractivity contribution >= 4 is 28.2 Å². The van der Waals surface area contributed by atoms with Gasteiger partial charge in [-0.1, -0.05) is 12.0 Å². The third-order valence-corrected chi connectivity index (χ3v) is 7.61. The number of rotatable bonds is 12. The summed E-state index contributed by atoms with van der Waals surface area (Å²) in [5, 5.41) is 37.8. The Labute approximate surface area is 256 Å². The number of hydrogen-bond acceptors (Lipinski definition) is 8. The lowest BCUT2D eigenvalue weighted by Gasteiger charge is -2.32. The van der Waals surface area contributed by atoms with Crippen molar-refractivity contribution in [2.45, 2.75) is 57.2 Å². The molecule has 0 spiro atoms. The van der Waals surface area contributed by atoms with Gasteiger partial charge in [0, 0.05) is 36.7 Å². The first kappa shape index (κ1) is 32.7. The highest BCUT2D eigenvalue weighted by molar-refractivity contribution is 5.94. The zero-order valence-electron chi connectivity index (χ0n) is 25.0. The Bertz CT molecular complexity index is 1510. The fourth-order valence-corrected chi connectivity index (χ4v) is 5.07. The molecule has 0 radical (unpaired) electrons. The summed E-state index contributed by atoms with van der Waals surface area (Å²) in [5.41, 5.74) is 2.73. The second-order valence-corrected chi connectivity index (χ2v) is 11.4. The van der Waals surface area contributed by atoms with Crippen LogP contribution in [0.1, 0.15) is 38.1 Å². The van der Waals surface area contributed by atoms with E-state index in [0.29, 0.717) is 30.0 Å². The Kier molecular flexibility index (Phi) is 11.1. The minimum atomic E-state index is -2.54. The topological polar surface area (TPSA) is 138 Å². The average molecular weight is 608 g/mol. The molecule has 1 fully saturated rings. The van der Waals surface area contributed by atoms with Crippen molar-refractivity contribution in [3.05, 3.63) is 54.0 Å². The standard InChI is InChI=1S/C32H39F2N7O3/c1-32(2,21-35)29-9-8-23(16-37-29)36-12-4-5-24-15-26-27(6-3-7-28(26)41(24)18-30(33)34)39-22-10-13-40(14-11-22)19-31(44)38-17-25(43)20-42/h3,6-9,15-16,22,25,30,36,39,42-43H,10-14,17-20H2,1-2H3,(H,38,44). The number of piperidine rings is 1. The van der Waals surface area contributed by atoms with Gasteiger partial charge in [0.05, 0.1) is 72.6 Å². The highest BCUT2D eigenvalue weighted by Crippen LogP contribution is 2.29. The first-order valence-electron chi connectivity index (χ1n) is 14.6. The van der Waals surface area contributed by atoms with Crippen molar-refractivity contribution < 1.29 is 23.8 Å². The molecule has 1 atom stereocenters. The Morgan fingerprint density at radius 1 is 1.23 bits per heavy atom. The number of benzene rings is 1. The van der Waals surface area contributed by atoms with Gasteiger partial charge in [-0.2, -0.15) is 5.26 Å². The van der Waals surface area contributed by atoms with Gasteiger partial charge in [0.1, 0.15) is 0 Å². The molecule has 1 aliphatic rings. The number of carbonyl (C=O) groups excluding carboxylic acids is 1. The molecule has 0 aliphatic carbocycles. The van der Waals surface area contributed by atoms with Crippen LogP contribution in [0.25, 0.3) is 10.9 Å². The van der Waals surface area contributed by atoms with Gasteiger partial charge in [-0.05, 0) is 62.9 Å². The van der Waals surface area contributed by atoms with Crippen molar-refractivity contribution in [3.63, 3.8) is 0 Å². The van der Waals surface area contributed by atoms with Crippen molar-refractivity contribution in [2.75, 3.05) is 50.0 Å². The summed E-state index contributed by atoms with van der Waals surface area (Å²) in [6, 6.07) is 13.4. The van der Waals surface area contributed by atoms with Crippen LogP contribution in [-0.2, 0) is 16.8 Å². The molecule has 1 amide bonds.